The van der Waals surface area contributed by atoms with Gasteiger partial charge in [0.25, 0.3) is 0 Å². The van der Waals surface area contributed by atoms with Crippen molar-refractivity contribution in [1.29, 1.82) is 0 Å². The zero-order valence-electron chi connectivity index (χ0n) is 11.6. The summed E-state index contributed by atoms with van der Waals surface area (Å²) in [6.45, 7) is 7.35. The van der Waals surface area contributed by atoms with Crippen LogP contribution in [0, 0.1) is 0 Å². The molecule has 2 aromatic rings. The van der Waals surface area contributed by atoms with E-state index in [0.717, 1.165) is 12.2 Å². The smallest absolute Gasteiger partial charge is 0.0967 e. The second-order valence-electron chi connectivity index (χ2n) is 5.65. The van der Waals surface area contributed by atoms with Crippen LogP contribution in [-0.2, 0) is 13.6 Å². The molecule has 1 heterocycles. The number of hydrogen-bond donors (Lipinski definition) is 1. The van der Waals surface area contributed by atoms with Gasteiger partial charge in [-0.2, -0.15) is 5.10 Å². The van der Waals surface area contributed by atoms with E-state index in [1.54, 1.807) is 0 Å². The molecule has 1 aromatic carbocycles. The number of aromatic nitrogens is 2. The van der Waals surface area contributed by atoms with E-state index in [9.17, 15) is 0 Å². The molecule has 0 aliphatic carbocycles. The van der Waals surface area contributed by atoms with Crippen LogP contribution in [0.25, 0.3) is 11.3 Å². The Balaban J connectivity index is 2.26. The SMILES string of the molecule is Cn1cc(CNC(C)(C)C)c(-c2ccccc2)n1. The Hall–Kier alpha value is -1.61. The minimum absolute atomic E-state index is 0.115. The lowest BCUT2D eigenvalue weighted by Crippen LogP contribution is -2.35. The molecule has 0 spiro atoms. The van der Waals surface area contributed by atoms with Crippen molar-refractivity contribution in [2.45, 2.75) is 32.9 Å². The summed E-state index contributed by atoms with van der Waals surface area (Å²) in [5, 5.41) is 8.07. The Labute approximate surface area is 109 Å². The zero-order valence-corrected chi connectivity index (χ0v) is 11.6. The minimum Gasteiger partial charge on any atom is -0.308 e. The van der Waals surface area contributed by atoms with Gasteiger partial charge in [-0.05, 0) is 20.8 Å². The average molecular weight is 243 g/mol. The van der Waals surface area contributed by atoms with Crippen LogP contribution in [0.4, 0.5) is 0 Å². The monoisotopic (exact) mass is 243 g/mol. The molecule has 0 saturated carbocycles. The van der Waals surface area contributed by atoms with Crippen molar-refractivity contribution in [2.24, 2.45) is 7.05 Å². The number of aryl methyl sites for hydroxylation is 1. The van der Waals surface area contributed by atoms with Gasteiger partial charge in [-0.3, -0.25) is 4.68 Å². The van der Waals surface area contributed by atoms with Crippen molar-refractivity contribution >= 4 is 0 Å². The van der Waals surface area contributed by atoms with Gasteiger partial charge in [-0.1, -0.05) is 30.3 Å². The predicted octanol–water partition coefficient (Wildman–Crippen LogP) is 2.98. The first-order valence-electron chi connectivity index (χ1n) is 6.29. The van der Waals surface area contributed by atoms with Gasteiger partial charge in [-0.15, -0.1) is 0 Å². The first-order valence-corrected chi connectivity index (χ1v) is 6.29. The maximum atomic E-state index is 4.56. The lowest BCUT2D eigenvalue weighted by Gasteiger charge is -2.20. The Morgan fingerprint density at radius 2 is 1.83 bits per heavy atom. The fourth-order valence-electron chi connectivity index (χ4n) is 1.87. The molecule has 0 aliphatic rings. The van der Waals surface area contributed by atoms with Crippen molar-refractivity contribution < 1.29 is 0 Å². The molecule has 0 amide bonds. The Kier molecular flexibility index (Phi) is 3.53. The summed E-state index contributed by atoms with van der Waals surface area (Å²) >= 11 is 0. The molecule has 0 radical (unpaired) electrons. The Morgan fingerprint density at radius 3 is 2.44 bits per heavy atom. The summed E-state index contributed by atoms with van der Waals surface area (Å²) in [5.41, 5.74) is 3.58. The molecule has 1 aromatic heterocycles. The van der Waals surface area contributed by atoms with Crippen molar-refractivity contribution in [3.8, 4) is 11.3 Å². The molecule has 0 saturated heterocycles. The predicted molar refractivity (Wildman–Crippen MR) is 75.2 cm³/mol. The highest BCUT2D eigenvalue weighted by molar-refractivity contribution is 5.62. The van der Waals surface area contributed by atoms with Crippen molar-refractivity contribution in [1.82, 2.24) is 15.1 Å². The van der Waals surface area contributed by atoms with Crippen LogP contribution >= 0.6 is 0 Å². The third-order valence-corrected chi connectivity index (χ3v) is 2.76. The molecular formula is C15H21N3. The minimum atomic E-state index is 0.115. The van der Waals surface area contributed by atoms with Crippen LogP contribution in [0.2, 0.25) is 0 Å². The summed E-state index contributed by atoms with van der Waals surface area (Å²) in [6, 6.07) is 10.3. The van der Waals surface area contributed by atoms with Gasteiger partial charge in [0.2, 0.25) is 0 Å². The molecule has 3 heteroatoms. The van der Waals surface area contributed by atoms with Crippen LogP contribution in [0.5, 0.6) is 0 Å². The number of hydrogen-bond acceptors (Lipinski definition) is 2. The van der Waals surface area contributed by atoms with E-state index in [1.807, 2.05) is 29.9 Å². The fourth-order valence-corrected chi connectivity index (χ4v) is 1.87. The topological polar surface area (TPSA) is 29.9 Å². The second-order valence-corrected chi connectivity index (χ2v) is 5.65. The maximum Gasteiger partial charge on any atom is 0.0967 e. The first-order chi connectivity index (χ1) is 8.46. The van der Waals surface area contributed by atoms with Gasteiger partial charge in [0.05, 0.1) is 5.69 Å². The van der Waals surface area contributed by atoms with Crippen LogP contribution < -0.4 is 5.32 Å². The molecule has 18 heavy (non-hydrogen) atoms. The Bertz CT molecular complexity index is 506. The molecule has 2 rings (SSSR count). The molecule has 0 unspecified atom stereocenters. The number of rotatable bonds is 3. The fraction of sp³-hybridized carbons (Fsp3) is 0.400. The van der Waals surface area contributed by atoms with E-state index in [1.165, 1.54) is 11.1 Å². The molecule has 3 nitrogen and oxygen atoms in total. The van der Waals surface area contributed by atoms with Crippen LogP contribution in [-0.4, -0.2) is 15.3 Å². The van der Waals surface area contributed by atoms with Crippen molar-refractivity contribution in [3.63, 3.8) is 0 Å². The lowest BCUT2D eigenvalue weighted by molar-refractivity contribution is 0.424. The number of nitrogens with zero attached hydrogens (tertiary/aromatic N) is 2. The third kappa shape index (κ3) is 3.20. The normalized spacial score (nSPS) is 11.8. The van der Waals surface area contributed by atoms with Gasteiger partial charge in [-0.25, -0.2) is 0 Å². The molecular weight excluding hydrogens is 222 g/mol. The van der Waals surface area contributed by atoms with E-state index in [0.29, 0.717) is 0 Å². The van der Waals surface area contributed by atoms with Crippen LogP contribution in [0.1, 0.15) is 26.3 Å². The quantitative estimate of drug-likeness (QED) is 0.898. The van der Waals surface area contributed by atoms with E-state index in [4.69, 9.17) is 0 Å². The number of nitrogens with one attached hydrogen (secondary N) is 1. The van der Waals surface area contributed by atoms with Crippen LogP contribution in [0.15, 0.2) is 36.5 Å². The van der Waals surface area contributed by atoms with Gasteiger partial charge in [0.1, 0.15) is 0 Å². The van der Waals surface area contributed by atoms with Gasteiger partial charge >= 0.3 is 0 Å². The number of benzene rings is 1. The summed E-state index contributed by atoms with van der Waals surface area (Å²) in [6.07, 6.45) is 2.08. The van der Waals surface area contributed by atoms with Gasteiger partial charge in [0, 0.05) is 36.5 Å². The highest BCUT2D eigenvalue weighted by Gasteiger charge is 2.13. The van der Waals surface area contributed by atoms with E-state index >= 15 is 0 Å². The van der Waals surface area contributed by atoms with E-state index in [2.05, 4.69) is 49.5 Å². The average Bonchev–Trinajstić information content (AvgIpc) is 2.68. The standard InChI is InChI=1S/C15H21N3/c1-15(2,3)16-10-13-11-18(4)17-14(13)12-8-6-5-7-9-12/h5-9,11,16H,10H2,1-4H3. The van der Waals surface area contributed by atoms with E-state index in [-0.39, 0.29) is 5.54 Å². The lowest BCUT2D eigenvalue weighted by atomic mass is 10.1. The molecule has 1 N–H and O–H groups in total. The summed E-state index contributed by atoms with van der Waals surface area (Å²) < 4.78 is 1.88. The summed E-state index contributed by atoms with van der Waals surface area (Å²) in [4.78, 5) is 0. The maximum absolute atomic E-state index is 4.56. The second kappa shape index (κ2) is 4.94. The molecule has 0 bridgehead atoms. The van der Waals surface area contributed by atoms with Gasteiger partial charge < -0.3 is 5.32 Å². The largest absolute Gasteiger partial charge is 0.308 e. The van der Waals surface area contributed by atoms with Crippen LogP contribution in [0.3, 0.4) is 0 Å². The summed E-state index contributed by atoms with van der Waals surface area (Å²) in [7, 11) is 1.97. The zero-order chi connectivity index (χ0) is 13.2. The molecule has 0 fully saturated rings. The third-order valence-electron chi connectivity index (χ3n) is 2.76. The highest BCUT2D eigenvalue weighted by Crippen LogP contribution is 2.21. The van der Waals surface area contributed by atoms with Crippen molar-refractivity contribution in [3.05, 3.63) is 42.1 Å². The molecule has 0 atom stereocenters. The van der Waals surface area contributed by atoms with Crippen molar-refractivity contribution in [2.75, 3.05) is 0 Å². The molecule has 96 valence electrons. The summed E-state index contributed by atoms with van der Waals surface area (Å²) in [5.74, 6) is 0. The Morgan fingerprint density at radius 1 is 1.17 bits per heavy atom. The molecule has 0 aliphatic heterocycles. The van der Waals surface area contributed by atoms with E-state index < -0.39 is 0 Å². The van der Waals surface area contributed by atoms with Gasteiger partial charge in [0.15, 0.2) is 0 Å². The highest BCUT2D eigenvalue weighted by atomic mass is 15.3. The first kappa shape index (κ1) is 12.8.